The van der Waals surface area contributed by atoms with Crippen LogP contribution in [0.1, 0.15) is 28.0 Å². The molecular formula is C24H26N4O3S. The minimum atomic E-state index is -0.527. The number of amides is 2. The van der Waals surface area contributed by atoms with Crippen LogP contribution in [0.2, 0.25) is 0 Å². The molecule has 1 aromatic carbocycles. The number of thiophene rings is 1. The van der Waals surface area contributed by atoms with Crippen molar-refractivity contribution in [1.29, 1.82) is 0 Å². The van der Waals surface area contributed by atoms with Gasteiger partial charge in [0.15, 0.2) is 0 Å². The highest BCUT2D eigenvalue weighted by molar-refractivity contribution is 7.14. The first-order valence-corrected chi connectivity index (χ1v) is 11.7. The summed E-state index contributed by atoms with van der Waals surface area (Å²) in [5.41, 5.74) is 3.75. The van der Waals surface area contributed by atoms with Crippen LogP contribution in [0.15, 0.2) is 41.8 Å². The Hall–Kier alpha value is -3.13. The zero-order valence-electron chi connectivity index (χ0n) is 18.4. The second-order valence-electron chi connectivity index (χ2n) is 8.74. The van der Waals surface area contributed by atoms with Crippen molar-refractivity contribution in [3.8, 4) is 16.3 Å². The highest BCUT2D eigenvalue weighted by Gasteiger charge is 2.54. The maximum Gasteiger partial charge on any atom is 0.414 e. The third kappa shape index (κ3) is 3.90. The van der Waals surface area contributed by atoms with Gasteiger partial charge in [0.2, 0.25) is 5.88 Å². The van der Waals surface area contributed by atoms with E-state index in [0.717, 1.165) is 34.7 Å². The van der Waals surface area contributed by atoms with Crippen LogP contribution in [0.5, 0.6) is 5.88 Å². The van der Waals surface area contributed by atoms with E-state index < -0.39 is 6.09 Å². The number of aryl methyl sites for hydroxylation is 3. The Morgan fingerprint density at radius 1 is 1.25 bits per heavy atom. The number of carbonyl (C=O) groups is 2. The Balaban J connectivity index is 1.28. The zero-order valence-corrected chi connectivity index (χ0v) is 19.2. The molecule has 2 aromatic heterocycles. The zero-order chi connectivity index (χ0) is 22.4. The number of piperidine rings is 1. The Labute approximate surface area is 191 Å². The van der Waals surface area contributed by atoms with Crippen LogP contribution in [0.4, 0.5) is 4.79 Å². The summed E-state index contributed by atoms with van der Waals surface area (Å²) in [6.45, 7) is 5.02. The van der Waals surface area contributed by atoms with Crippen LogP contribution < -0.4 is 10.1 Å². The van der Waals surface area contributed by atoms with E-state index in [1.54, 1.807) is 24.5 Å². The van der Waals surface area contributed by atoms with Crippen LogP contribution >= 0.6 is 11.3 Å². The Bertz CT molecular complexity index is 1180. The SMILES string of the molecule is Cc1cccc(-c2sccc2C(=O)N2C[C@@H]3C[C@@H]3[C@H]2CNC(=O)Oc2cc(C)nn2C)c1. The maximum absolute atomic E-state index is 13.5. The highest BCUT2D eigenvalue weighted by atomic mass is 32.1. The number of benzene rings is 1. The maximum atomic E-state index is 13.5. The van der Waals surface area contributed by atoms with Crippen molar-refractivity contribution in [3.63, 3.8) is 0 Å². The van der Waals surface area contributed by atoms with E-state index in [4.69, 9.17) is 4.74 Å². The molecule has 1 aliphatic heterocycles. The van der Waals surface area contributed by atoms with Gasteiger partial charge in [0.1, 0.15) is 0 Å². The Morgan fingerprint density at radius 3 is 2.84 bits per heavy atom. The van der Waals surface area contributed by atoms with E-state index in [1.165, 1.54) is 10.2 Å². The first kappa shape index (κ1) is 20.8. The van der Waals surface area contributed by atoms with Crippen molar-refractivity contribution >= 4 is 23.3 Å². The van der Waals surface area contributed by atoms with Crippen molar-refractivity contribution < 1.29 is 14.3 Å². The summed E-state index contributed by atoms with van der Waals surface area (Å²) in [7, 11) is 1.73. The largest absolute Gasteiger partial charge is 0.414 e. The predicted octanol–water partition coefficient (Wildman–Crippen LogP) is 4.01. The molecule has 3 aromatic rings. The van der Waals surface area contributed by atoms with Crippen molar-refractivity contribution in [2.75, 3.05) is 13.1 Å². The van der Waals surface area contributed by atoms with Gasteiger partial charge in [-0.15, -0.1) is 11.3 Å². The monoisotopic (exact) mass is 450 g/mol. The van der Waals surface area contributed by atoms with Crippen molar-refractivity contribution in [1.82, 2.24) is 20.0 Å². The smallest absolute Gasteiger partial charge is 0.392 e. The quantitative estimate of drug-likeness (QED) is 0.637. The number of carbonyl (C=O) groups excluding carboxylic acids is 2. The topological polar surface area (TPSA) is 76.5 Å². The van der Waals surface area contributed by atoms with Gasteiger partial charge in [-0.05, 0) is 49.1 Å². The van der Waals surface area contributed by atoms with Gasteiger partial charge in [-0.2, -0.15) is 5.10 Å². The molecular weight excluding hydrogens is 424 g/mol. The standard InChI is InChI=1S/C24H26N4O3S/c1-14-5-4-6-16(9-14)22-18(7-8-32-22)23(29)28-13-17-11-19(17)20(28)12-25-24(30)31-21-10-15(2)26-27(21)3/h4-10,17,19-20H,11-13H2,1-3H3,(H,25,30)/t17-,19-,20+/m0/s1. The molecule has 32 heavy (non-hydrogen) atoms. The van der Waals surface area contributed by atoms with Gasteiger partial charge in [-0.3, -0.25) is 4.79 Å². The number of ether oxygens (including phenoxy) is 1. The normalized spacial score (nSPS) is 21.3. The summed E-state index contributed by atoms with van der Waals surface area (Å²) in [6.07, 6.45) is 0.584. The molecule has 5 rings (SSSR count). The lowest BCUT2D eigenvalue weighted by Gasteiger charge is -2.28. The van der Waals surface area contributed by atoms with E-state index >= 15 is 0 Å². The number of rotatable bonds is 5. The number of nitrogens with zero attached hydrogens (tertiary/aromatic N) is 3. The Morgan fingerprint density at radius 2 is 2.09 bits per heavy atom. The van der Waals surface area contributed by atoms with Crippen LogP contribution in [-0.4, -0.2) is 45.8 Å². The van der Waals surface area contributed by atoms with Crippen LogP contribution in [0.3, 0.4) is 0 Å². The van der Waals surface area contributed by atoms with E-state index in [1.807, 2.05) is 35.4 Å². The van der Waals surface area contributed by atoms with Crippen LogP contribution in [0, 0.1) is 25.7 Å². The molecule has 0 bridgehead atoms. The molecule has 3 atom stereocenters. The average Bonchev–Trinajstić information content (AvgIpc) is 3.08. The summed E-state index contributed by atoms with van der Waals surface area (Å²) in [5, 5.41) is 9.01. The van der Waals surface area contributed by atoms with Gasteiger partial charge in [0, 0.05) is 31.1 Å². The lowest BCUT2D eigenvalue weighted by molar-refractivity contribution is 0.0705. The van der Waals surface area contributed by atoms with Crippen molar-refractivity contribution in [3.05, 3.63) is 58.6 Å². The molecule has 8 heteroatoms. The fraction of sp³-hybridized carbons (Fsp3) is 0.375. The molecule has 1 N–H and O–H groups in total. The fourth-order valence-corrected chi connectivity index (χ4v) is 5.60. The highest BCUT2D eigenvalue weighted by Crippen LogP contribution is 2.50. The molecule has 2 fully saturated rings. The van der Waals surface area contributed by atoms with Gasteiger partial charge < -0.3 is 15.0 Å². The number of hydrogen-bond donors (Lipinski definition) is 1. The van der Waals surface area contributed by atoms with E-state index in [2.05, 4.69) is 29.5 Å². The summed E-state index contributed by atoms with van der Waals surface area (Å²) >= 11 is 1.59. The van der Waals surface area contributed by atoms with Crippen LogP contribution in [-0.2, 0) is 7.05 Å². The van der Waals surface area contributed by atoms with Gasteiger partial charge in [-0.1, -0.05) is 29.8 Å². The number of aromatic nitrogens is 2. The average molecular weight is 451 g/mol. The Kier molecular flexibility index (Phi) is 5.25. The molecule has 2 amide bonds. The molecule has 0 radical (unpaired) electrons. The minimum absolute atomic E-state index is 0.0152. The molecule has 1 saturated heterocycles. The second-order valence-corrected chi connectivity index (χ2v) is 9.65. The summed E-state index contributed by atoms with van der Waals surface area (Å²) < 4.78 is 6.91. The second kappa shape index (κ2) is 8.09. The van der Waals surface area contributed by atoms with E-state index in [0.29, 0.717) is 24.3 Å². The van der Waals surface area contributed by atoms with E-state index in [9.17, 15) is 9.59 Å². The van der Waals surface area contributed by atoms with Gasteiger partial charge >= 0.3 is 6.09 Å². The van der Waals surface area contributed by atoms with Gasteiger partial charge in [0.25, 0.3) is 5.91 Å². The third-order valence-corrected chi connectivity index (χ3v) is 7.32. The van der Waals surface area contributed by atoms with Crippen molar-refractivity contribution in [2.24, 2.45) is 18.9 Å². The number of likely N-dealkylation sites (tertiary alicyclic amines) is 1. The first-order valence-electron chi connectivity index (χ1n) is 10.8. The molecule has 166 valence electrons. The number of nitrogens with one attached hydrogen (secondary N) is 1. The first-order chi connectivity index (χ1) is 15.4. The predicted molar refractivity (Wildman–Crippen MR) is 123 cm³/mol. The summed E-state index contributed by atoms with van der Waals surface area (Å²) in [6, 6.07) is 11.8. The molecule has 2 aliphatic rings. The molecule has 0 unspecified atom stereocenters. The minimum Gasteiger partial charge on any atom is -0.392 e. The molecule has 0 spiro atoms. The summed E-state index contributed by atoms with van der Waals surface area (Å²) in [5.74, 6) is 1.41. The molecule has 1 saturated carbocycles. The lowest BCUT2D eigenvalue weighted by Crippen LogP contribution is -2.46. The summed E-state index contributed by atoms with van der Waals surface area (Å²) in [4.78, 5) is 28.8. The van der Waals surface area contributed by atoms with Crippen molar-refractivity contribution in [2.45, 2.75) is 26.3 Å². The molecule has 7 nitrogen and oxygen atoms in total. The van der Waals surface area contributed by atoms with Gasteiger partial charge in [-0.25, -0.2) is 9.48 Å². The third-order valence-electron chi connectivity index (χ3n) is 6.35. The number of fused-ring (bicyclic) bond motifs is 1. The number of hydrogen-bond acceptors (Lipinski definition) is 5. The van der Waals surface area contributed by atoms with Gasteiger partial charge in [0.05, 0.1) is 17.3 Å². The molecule has 1 aliphatic carbocycles. The van der Waals surface area contributed by atoms with Crippen LogP contribution in [0.25, 0.3) is 10.4 Å². The fourth-order valence-electron chi connectivity index (χ4n) is 4.71. The molecule has 3 heterocycles. The van der Waals surface area contributed by atoms with E-state index in [-0.39, 0.29) is 11.9 Å². The lowest BCUT2D eigenvalue weighted by atomic mass is 10.1.